The molecular weight excluding hydrogens is 345 g/mol. The molecule has 0 aliphatic rings. The minimum absolute atomic E-state index is 0.0489. The lowest BCUT2D eigenvalue weighted by molar-refractivity contribution is -0.137. The van der Waals surface area contributed by atoms with Gasteiger partial charge in [0.15, 0.2) is 0 Å². The van der Waals surface area contributed by atoms with Gasteiger partial charge in [-0.1, -0.05) is 17.7 Å². The van der Waals surface area contributed by atoms with Gasteiger partial charge in [-0.3, -0.25) is 0 Å². The van der Waals surface area contributed by atoms with E-state index in [0.29, 0.717) is 0 Å². The number of nitrogens with two attached hydrogens (primary N) is 1. The summed E-state index contributed by atoms with van der Waals surface area (Å²) in [6.45, 7) is 0. The minimum Gasteiger partial charge on any atom is -0.480 e. The lowest BCUT2D eigenvalue weighted by atomic mass is 9.95. The monoisotopic (exact) mass is 352 g/mol. The minimum atomic E-state index is -4.70. The molecule has 0 fully saturated rings. The number of rotatable bonds is 2. The smallest absolute Gasteiger partial charge is 0.417 e. The summed E-state index contributed by atoms with van der Waals surface area (Å²) in [6.07, 6.45) is -4.70. The quantitative estimate of drug-likeness (QED) is 0.887. The number of benzene rings is 1. The van der Waals surface area contributed by atoms with Crippen molar-refractivity contribution in [3.05, 3.63) is 39.9 Å². The van der Waals surface area contributed by atoms with Crippen molar-refractivity contribution in [3.63, 3.8) is 0 Å². The fourth-order valence-electron chi connectivity index (χ4n) is 2.13. The summed E-state index contributed by atoms with van der Waals surface area (Å²) < 4.78 is 44.1. The second-order valence-corrected chi connectivity index (χ2v) is 4.95. The zero-order valence-corrected chi connectivity index (χ0v) is 12.8. The molecule has 0 aliphatic heterocycles. The Morgan fingerprint density at radius 1 is 1.21 bits per heavy atom. The van der Waals surface area contributed by atoms with Crippen LogP contribution in [0.3, 0.4) is 0 Å². The first-order valence-electron chi connectivity index (χ1n) is 6.29. The molecule has 1 heterocycles. The van der Waals surface area contributed by atoms with Crippen LogP contribution >= 0.6 is 11.6 Å². The molecule has 0 atom stereocenters. The third-order valence-electron chi connectivity index (χ3n) is 3.17. The maximum atomic E-state index is 13.1. The number of anilines is 1. The Hall–Kier alpha value is -2.97. The zero-order chi connectivity index (χ0) is 18.1. The van der Waals surface area contributed by atoms with E-state index in [4.69, 9.17) is 22.1 Å². The summed E-state index contributed by atoms with van der Waals surface area (Å²) in [5.74, 6) is -0.445. The third kappa shape index (κ3) is 2.92. The second kappa shape index (κ2) is 6.26. The molecule has 0 amide bonds. The molecule has 0 unspecified atom stereocenters. The largest absolute Gasteiger partial charge is 0.480 e. The standard InChI is InChI=1S/C15H8ClF3N4O/c1-24-14-9(6-21)12(8(5-20)13(22)23-14)7-2-3-11(16)10(4-7)15(17,18)19/h2-4H,1H3,(H2,22,23). The molecule has 122 valence electrons. The van der Waals surface area contributed by atoms with Crippen LogP contribution in [0.15, 0.2) is 18.2 Å². The summed E-state index contributed by atoms with van der Waals surface area (Å²) in [6, 6.07) is 6.57. The molecule has 1 aromatic carbocycles. The summed E-state index contributed by atoms with van der Waals surface area (Å²) in [7, 11) is 1.22. The van der Waals surface area contributed by atoms with E-state index in [1.807, 2.05) is 0 Å². The number of ether oxygens (including phenoxy) is 1. The Bertz CT molecular complexity index is 898. The van der Waals surface area contributed by atoms with Crippen LogP contribution in [0.5, 0.6) is 5.88 Å². The molecular formula is C15H8ClF3N4O. The van der Waals surface area contributed by atoms with Crippen LogP contribution in [0, 0.1) is 22.7 Å². The Morgan fingerprint density at radius 2 is 1.83 bits per heavy atom. The van der Waals surface area contributed by atoms with Crippen molar-refractivity contribution in [3.8, 4) is 29.1 Å². The van der Waals surface area contributed by atoms with E-state index in [2.05, 4.69) is 4.98 Å². The summed E-state index contributed by atoms with van der Waals surface area (Å²) in [4.78, 5) is 3.77. The highest BCUT2D eigenvalue weighted by Crippen LogP contribution is 2.40. The first-order valence-corrected chi connectivity index (χ1v) is 6.67. The van der Waals surface area contributed by atoms with Gasteiger partial charge in [0.2, 0.25) is 5.88 Å². The van der Waals surface area contributed by atoms with Gasteiger partial charge in [0.1, 0.15) is 29.1 Å². The SMILES string of the molecule is COc1nc(N)c(C#N)c(-c2ccc(Cl)c(C(F)(F)F)c2)c1C#N. The summed E-state index contributed by atoms with van der Waals surface area (Å²) in [5, 5.41) is 18.1. The maximum Gasteiger partial charge on any atom is 0.417 e. The van der Waals surface area contributed by atoms with Gasteiger partial charge in [-0.05, 0) is 17.7 Å². The van der Waals surface area contributed by atoms with Gasteiger partial charge in [-0.2, -0.15) is 28.7 Å². The van der Waals surface area contributed by atoms with E-state index in [1.54, 1.807) is 12.1 Å². The Morgan fingerprint density at radius 3 is 2.33 bits per heavy atom. The highest BCUT2D eigenvalue weighted by atomic mass is 35.5. The molecule has 0 bridgehead atoms. The van der Waals surface area contributed by atoms with Crippen LogP contribution in [0.25, 0.3) is 11.1 Å². The fourth-order valence-corrected chi connectivity index (χ4v) is 2.36. The van der Waals surface area contributed by atoms with Gasteiger partial charge >= 0.3 is 6.18 Å². The van der Waals surface area contributed by atoms with Gasteiger partial charge in [-0.25, -0.2) is 0 Å². The van der Waals surface area contributed by atoms with Crippen LogP contribution in [-0.2, 0) is 6.18 Å². The average molecular weight is 353 g/mol. The van der Waals surface area contributed by atoms with Crippen molar-refractivity contribution in [1.29, 1.82) is 10.5 Å². The highest BCUT2D eigenvalue weighted by molar-refractivity contribution is 6.31. The van der Waals surface area contributed by atoms with Crippen LogP contribution in [0.4, 0.5) is 19.0 Å². The molecule has 0 saturated heterocycles. The van der Waals surface area contributed by atoms with Gasteiger partial charge in [0.05, 0.1) is 17.7 Å². The van der Waals surface area contributed by atoms with Crippen molar-refractivity contribution < 1.29 is 17.9 Å². The molecule has 0 spiro atoms. The van der Waals surface area contributed by atoms with Gasteiger partial charge in [0.25, 0.3) is 0 Å². The predicted molar refractivity (Wildman–Crippen MR) is 80.1 cm³/mol. The predicted octanol–water partition coefficient (Wildman–Crippen LogP) is 3.75. The maximum absolute atomic E-state index is 13.1. The normalized spacial score (nSPS) is 10.8. The van der Waals surface area contributed by atoms with Crippen LogP contribution in [0.2, 0.25) is 5.02 Å². The molecule has 2 rings (SSSR count). The summed E-state index contributed by atoms with van der Waals surface area (Å²) in [5.41, 5.74) is 4.00. The van der Waals surface area contributed by atoms with Gasteiger partial charge < -0.3 is 10.5 Å². The number of pyridine rings is 1. The first kappa shape index (κ1) is 17.4. The van der Waals surface area contributed by atoms with Crippen LogP contribution in [-0.4, -0.2) is 12.1 Å². The number of aromatic nitrogens is 1. The van der Waals surface area contributed by atoms with Crippen molar-refractivity contribution >= 4 is 17.4 Å². The van der Waals surface area contributed by atoms with Gasteiger partial charge in [0, 0.05) is 5.56 Å². The molecule has 0 radical (unpaired) electrons. The van der Waals surface area contributed by atoms with Crippen molar-refractivity contribution in [2.45, 2.75) is 6.18 Å². The van der Waals surface area contributed by atoms with Gasteiger partial charge in [-0.15, -0.1) is 0 Å². The topological polar surface area (TPSA) is 95.7 Å². The molecule has 24 heavy (non-hydrogen) atoms. The number of alkyl halides is 3. The molecule has 0 aliphatic carbocycles. The van der Waals surface area contributed by atoms with E-state index < -0.39 is 16.8 Å². The fraction of sp³-hybridized carbons (Fsp3) is 0.133. The Labute approximate surface area is 139 Å². The number of nitriles is 2. The Balaban J connectivity index is 2.90. The van der Waals surface area contributed by atoms with E-state index in [-0.39, 0.29) is 34.0 Å². The van der Waals surface area contributed by atoms with Crippen molar-refractivity contribution in [1.82, 2.24) is 4.98 Å². The molecule has 2 aromatic rings. The highest BCUT2D eigenvalue weighted by Gasteiger charge is 2.34. The number of hydrogen-bond donors (Lipinski definition) is 1. The van der Waals surface area contributed by atoms with E-state index >= 15 is 0 Å². The third-order valence-corrected chi connectivity index (χ3v) is 3.50. The number of hydrogen-bond acceptors (Lipinski definition) is 5. The zero-order valence-electron chi connectivity index (χ0n) is 12.1. The lowest BCUT2D eigenvalue weighted by Crippen LogP contribution is -2.07. The van der Waals surface area contributed by atoms with Crippen LogP contribution < -0.4 is 10.5 Å². The molecule has 9 heteroatoms. The summed E-state index contributed by atoms with van der Waals surface area (Å²) >= 11 is 5.59. The number of halogens is 4. The Kier molecular flexibility index (Phi) is 4.54. The van der Waals surface area contributed by atoms with Crippen LogP contribution in [0.1, 0.15) is 16.7 Å². The van der Waals surface area contributed by atoms with E-state index in [9.17, 15) is 23.7 Å². The van der Waals surface area contributed by atoms with E-state index in [1.165, 1.54) is 13.2 Å². The van der Waals surface area contributed by atoms with E-state index in [0.717, 1.165) is 12.1 Å². The number of nitrogen functional groups attached to an aromatic ring is 1. The number of methoxy groups -OCH3 is 1. The lowest BCUT2D eigenvalue weighted by Gasteiger charge is -2.15. The molecule has 1 aromatic heterocycles. The molecule has 0 saturated carbocycles. The molecule has 2 N–H and O–H groups in total. The average Bonchev–Trinajstić information content (AvgIpc) is 2.53. The van der Waals surface area contributed by atoms with Crippen molar-refractivity contribution in [2.75, 3.05) is 12.8 Å². The second-order valence-electron chi connectivity index (χ2n) is 4.55. The number of nitrogens with zero attached hydrogens (tertiary/aromatic N) is 3. The first-order chi connectivity index (χ1) is 11.2. The van der Waals surface area contributed by atoms with Crippen molar-refractivity contribution in [2.24, 2.45) is 0 Å². The molecule has 5 nitrogen and oxygen atoms in total.